The minimum Gasteiger partial charge on any atom is -0.317 e. The maximum atomic E-state index is 12.4. The zero-order chi connectivity index (χ0) is 13.0. The zero-order valence-electron chi connectivity index (χ0n) is 11.3. The molecule has 2 rings (SSSR count). The van der Waals surface area contributed by atoms with Gasteiger partial charge in [-0.1, -0.05) is 6.42 Å². The highest BCUT2D eigenvalue weighted by atomic mass is 32.2. The molecule has 0 bridgehead atoms. The molecule has 0 atom stereocenters. The fourth-order valence-electron chi connectivity index (χ4n) is 2.81. The van der Waals surface area contributed by atoms with Crippen LogP contribution < -0.4 is 5.32 Å². The maximum Gasteiger partial charge on any atom is 0.281 e. The van der Waals surface area contributed by atoms with Crippen LogP contribution in [0.2, 0.25) is 0 Å². The van der Waals surface area contributed by atoms with Crippen LogP contribution in [0.3, 0.4) is 0 Å². The molecule has 1 N–H and O–H groups in total. The van der Waals surface area contributed by atoms with E-state index in [1.54, 1.807) is 15.7 Å². The van der Waals surface area contributed by atoms with E-state index in [1.807, 2.05) is 0 Å². The van der Waals surface area contributed by atoms with Crippen LogP contribution in [-0.4, -0.2) is 56.8 Å². The van der Waals surface area contributed by atoms with Gasteiger partial charge in [0.25, 0.3) is 10.2 Å². The van der Waals surface area contributed by atoms with E-state index in [1.165, 1.54) is 0 Å². The Kier molecular flexibility index (Phi) is 5.00. The van der Waals surface area contributed by atoms with Crippen molar-refractivity contribution in [1.29, 1.82) is 0 Å². The Bertz CT molecular complexity index is 346. The second kappa shape index (κ2) is 6.32. The first-order valence-electron chi connectivity index (χ1n) is 7.03. The van der Waals surface area contributed by atoms with Crippen LogP contribution in [0.15, 0.2) is 0 Å². The van der Waals surface area contributed by atoms with Crippen molar-refractivity contribution in [1.82, 2.24) is 13.9 Å². The lowest BCUT2D eigenvalue weighted by molar-refractivity contribution is 0.278. The first-order valence-corrected chi connectivity index (χ1v) is 8.42. The first-order chi connectivity index (χ1) is 8.60. The SMILES string of the molecule is CN(CC1CCNCC1)S(=O)(=O)N1CCCCC1. The molecule has 0 amide bonds. The molecule has 2 aliphatic rings. The van der Waals surface area contributed by atoms with Gasteiger partial charge in [-0.05, 0) is 44.7 Å². The van der Waals surface area contributed by atoms with Gasteiger partial charge in [-0.2, -0.15) is 17.0 Å². The largest absolute Gasteiger partial charge is 0.317 e. The summed E-state index contributed by atoms with van der Waals surface area (Å²) in [7, 11) is -1.49. The molecular formula is C12H25N3O2S. The normalized spacial score (nSPS) is 24.6. The van der Waals surface area contributed by atoms with E-state index in [2.05, 4.69) is 5.32 Å². The van der Waals surface area contributed by atoms with Crippen molar-refractivity contribution in [2.75, 3.05) is 39.8 Å². The molecule has 18 heavy (non-hydrogen) atoms. The van der Waals surface area contributed by atoms with Gasteiger partial charge >= 0.3 is 0 Å². The summed E-state index contributed by atoms with van der Waals surface area (Å²) in [4.78, 5) is 0. The average molecular weight is 275 g/mol. The topological polar surface area (TPSA) is 52.7 Å². The number of hydrogen-bond acceptors (Lipinski definition) is 3. The number of rotatable bonds is 4. The minimum absolute atomic E-state index is 0.510. The lowest BCUT2D eigenvalue weighted by Gasteiger charge is -2.32. The molecular weight excluding hydrogens is 250 g/mol. The van der Waals surface area contributed by atoms with Crippen molar-refractivity contribution in [2.45, 2.75) is 32.1 Å². The van der Waals surface area contributed by atoms with Crippen molar-refractivity contribution < 1.29 is 8.42 Å². The fraction of sp³-hybridized carbons (Fsp3) is 1.00. The highest BCUT2D eigenvalue weighted by Crippen LogP contribution is 2.19. The van der Waals surface area contributed by atoms with Gasteiger partial charge in [0.15, 0.2) is 0 Å². The van der Waals surface area contributed by atoms with E-state index < -0.39 is 10.2 Å². The van der Waals surface area contributed by atoms with Gasteiger partial charge in [0.1, 0.15) is 0 Å². The van der Waals surface area contributed by atoms with Crippen molar-refractivity contribution in [3.8, 4) is 0 Å². The minimum atomic E-state index is -3.22. The van der Waals surface area contributed by atoms with E-state index in [9.17, 15) is 8.42 Å². The van der Waals surface area contributed by atoms with Crippen LogP contribution in [0.4, 0.5) is 0 Å². The quantitative estimate of drug-likeness (QED) is 0.819. The van der Waals surface area contributed by atoms with Crippen molar-refractivity contribution >= 4 is 10.2 Å². The third-order valence-corrected chi connectivity index (χ3v) is 5.96. The van der Waals surface area contributed by atoms with Gasteiger partial charge in [-0.25, -0.2) is 0 Å². The standard InChI is InChI=1S/C12H25N3O2S/c1-14(11-12-5-7-13-8-6-12)18(16,17)15-9-3-2-4-10-15/h12-13H,2-11H2,1H3. The Labute approximate surface area is 111 Å². The molecule has 0 aromatic rings. The van der Waals surface area contributed by atoms with E-state index in [-0.39, 0.29) is 0 Å². The van der Waals surface area contributed by atoms with Crippen LogP contribution >= 0.6 is 0 Å². The van der Waals surface area contributed by atoms with Gasteiger partial charge in [0.2, 0.25) is 0 Å². The summed E-state index contributed by atoms with van der Waals surface area (Å²) < 4.78 is 28.0. The summed E-state index contributed by atoms with van der Waals surface area (Å²) in [6.07, 6.45) is 5.32. The Morgan fingerprint density at radius 1 is 1.17 bits per heavy atom. The van der Waals surface area contributed by atoms with E-state index in [0.717, 1.165) is 45.2 Å². The van der Waals surface area contributed by atoms with Crippen LogP contribution in [0.1, 0.15) is 32.1 Å². The van der Waals surface area contributed by atoms with Crippen LogP contribution in [0.5, 0.6) is 0 Å². The summed E-state index contributed by atoms with van der Waals surface area (Å²) in [5.74, 6) is 0.510. The molecule has 0 aromatic carbocycles. The van der Waals surface area contributed by atoms with Gasteiger partial charge in [-0.3, -0.25) is 0 Å². The Morgan fingerprint density at radius 3 is 2.39 bits per heavy atom. The molecule has 6 heteroatoms. The zero-order valence-corrected chi connectivity index (χ0v) is 12.1. The van der Waals surface area contributed by atoms with E-state index in [0.29, 0.717) is 25.6 Å². The predicted molar refractivity (Wildman–Crippen MR) is 72.6 cm³/mol. The molecule has 0 unspecified atom stereocenters. The molecule has 0 spiro atoms. The van der Waals surface area contributed by atoms with Crippen LogP contribution in [-0.2, 0) is 10.2 Å². The monoisotopic (exact) mass is 275 g/mol. The van der Waals surface area contributed by atoms with Crippen molar-refractivity contribution in [2.24, 2.45) is 5.92 Å². The summed E-state index contributed by atoms with van der Waals surface area (Å²) in [6, 6.07) is 0. The summed E-state index contributed by atoms with van der Waals surface area (Å²) in [5, 5.41) is 3.31. The first kappa shape index (κ1) is 14.2. The van der Waals surface area contributed by atoms with E-state index >= 15 is 0 Å². The van der Waals surface area contributed by atoms with Crippen LogP contribution in [0, 0.1) is 5.92 Å². The van der Waals surface area contributed by atoms with Gasteiger partial charge in [-0.15, -0.1) is 0 Å². The fourth-order valence-corrected chi connectivity index (χ4v) is 4.33. The summed E-state index contributed by atoms with van der Waals surface area (Å²) >= 11 is 0. The van der Waals surface area contributed by atoms with Crippen molar-refractivity contribution in [3.63, 3.8) is 0 Å². The number of hydrogen-bond donors (Lipinski definition) is 1. The molecule has 0 radical (unpaired) electrons. The molecule has 0 aromatic heterocycles. The smallest absolute Gasteiger partial charge is 0.281 e. The summed E-state index contributed by atoms with van der Waals surface area (Å²) in [5.41, 5.74) is 0. The average Bonchev–Trinajstić information content (AvgIpc) is 2.41. The molecule has 2 fully saturated rings. The molecule has 0 aliphatic carbocycles. The molecule has 2 aliphatic heterocycles. The Hall–Kier alpha value is -0.170. The number of piperidine rings is 2. The van der Waals surface area contributed by atoms with Crippen LogP contribution in [0.25, 0.3) is 0 Å². The van der Waals surface area contributed by atoms with E-state index in [4.69, 9.17) is 0 Å². The summed E-state index contributed by atoms with van der Waals surface area (Å²) in [6.45, 7) is 4.09. The third-order valence-electron chi connectivity index (χ3n) is 4.01. The lowest BCUT2D eigenvalue weighted by Crippen LogP contribution is -2.46. The molecule has 2 saturated heterocycles. The molecule has 5 nitrogen and oxygen atoms in total. The second-order valence-corrected chi connectivity index (χ2v) is 7.48. The van der Waals surface area contributed by atoms with Gasteiger partial charge in [0.05, 0.1) is 0 Å². The Balaban J connectivity index is 1.91. The van der Waals surface area contributed by atoms with Gasteiger partial charge < -0.3 is 5.32 Å². The highest BCUT2D eigenvalue weighted by Gasteiger charge is 2.29. The van der Waals surface area contributed by atoms with Crippen molar-refractivity contribution in [3.05, 3.63) is 0 Å². The van der Waals surface area contributed by atoms with Gasteiger partial charge in [0, 0.05) is 26.7 Å². The lowest BCUT2D eigenvalue weighted by atomic mass is 9.98. The second-order valence-electron chi connectivity index (χ2n) is 5.44. The Morgan fingerprint density at radius 2 is 1.78 bits per heavy atom. The molecule has 0 saturated carbocycles. The molecule has 2 heterocycles. The highest BCUT2D eigenvalue weighted by molar-refractivity contribution is 7.86. The predicted octanol–water partition coefficient (Wildman–Crippen LogP) is 0.649. The number of nitrogens with one attached hydrogen (secondary N) is 1. The maximum absolute atomic E-state index is 12.4. The number of nitrogens with zero attached hydrogens (tertiary/aromatic N) is 2. The third kappa shape index (κ3) is 3.44. The molecule has 106 valence electrons.